The second kappa shape index (κ2) is 8.02. The van der Waals surface area contributed by atoms with Crippen LogP contribution in [0.1, 0.15) is 12.8 Å². The molecule has 0 atom stereocenters. The van der Waals surface area contributed by atoms with Crippen molar-refractivity contribution in [3.63, 3.8) is 0 Å². The minimum atomic E-state index is -2.74. The summed E-state index contributed by atoms with van der Waals surface area (Å²) in [5.74, 6) is -5.02. The predicted octanol–water partition coefficient (Wildman–Crippen LogP) is -1.63. The molecule has 0 saturated heterocycles. The zero-order valence-corrected chi connectivity index (χ0v) is 12.1. The number of carboxylic acid groups (broad SMARTS) is 3. The largest absolute Gasteiger partial charge is 0.481 e. The Morgan fingerprint density at radius 1 is 0.933 bits per heavy atom. The molecular weight excluding hydrogens is 455 g/mol. The molecule has 0 bridgehead atoms. The summed E-state index contributed by atoms with van der Waals surface area (Å²) in [6, 6.07) is 0. The van der Waals surface area contributed by atoms with Gasteiger partial charge < -0.3 is 20.4 Å². The summed E-state index contributed by atoms with van der Waals surface area (Å²) in [5.41, 5.74) is -2.74. The molecule has 0 saturated carbocycles. The van der Waals surface area contributed by atoms with Gasteiger partial charge in [0, 0.05) is 44.4 Å². The molecule has 15 heavy (non-hydrogen) atoms. The third-order valence-electron chi connectivity index (χ3n) is 1.29. The minimum absolute atomic E-state index is 0. The molecule has 0 aliphatic carbocycles. The number of aliphatic hydroxyl groups is 1. The molecule has 9 heteroatoms. The molecular formula is C6H8CuO7Pb. The van der Waals surface area contributed by atoms with Crippen LogP contribution in [-0.2, 0) is 31.5 Å². The van der Waals surface area contributed by atoms with E-state index in [9.17, 15) is 14.4 Å². The van der Waals surface area contributed by atoms with Gasteiger partial charge in [-0.05, 0) is 0 Å². The summed E-state index contributed by atoms with van der Waals surface area (Å²) in [6.07, 6.45) is -2.29. The van der Waals surface area contributed by atoms with Crippen LogP contribution in [0.5, 0.6) is 0 Å². The fraction of sp³-hybridized carbons (Fsp3) is 0.500. The molecule has 0 rings (SSSR count). The van der Waals surface area contributed by atoms with Crippen LogP contribution in [0.4, 0.5) is 0 Å². The molecule has 0 heterocycles. The van der Waals surface area contributed by atoms with Crippen molar-refractivity contribution in [2.75, 3.05) is 0 Å². The van der Waals surface area contributed by atoms with E-state index >= 15 is 0 Å². The fourth-order valence-corrected chi connectivity index (χ4v) is 0.714. The Balaban J connectivity index is -0.000000720. The average Bonchev–Trinajstić information content (AvgIpc) is 1.82. The molecule has 7 nitrogen and oxygen atoms in total. The molecule has 0 aromatic carbocycles. The number of rotatable bonds is 5. The van der Waals surface area contributed by atoms with Gasteiger partial charge >= 0.3 is 17.9 Å². The standard InChI is InChI=1S/C6H8O7.Cu.Pb/c7-3(8)1-6(13,5(11)12)2-4(9)10;;/h13H,1-2H2,(H,7,8)(H,9,10)(H,11,12);;. The fourth-order valence-electron chi connectivity index (χ4n) is 0.714. The van der Waals surface area contributed by atoms with Crippen LogP contribution in [-0.4, -0.2) is 71.2 Å². The maximum absolute atomic E-state index is 10.3. The van der Waals surface area contributed by atoms with Gasteiger partial charge in [-0.1, -0.05) is 0 Å². The van der Waals surface area contributed by atoms with Crippen molar-refractivity contribution in [1.29, 1.82) is 0 Å². The van der Waals surface area contributed by atoms with Crippen molar-refractivity contribution in [2.24, 2.45) is 0 Å². The maximum atomic E-state index is 10.3. The third-order valence-corrected chi connectivity index (χ3v) is 1.29. The first-order chi connectivity index (χ1) is 5.78. The first kappa shape index (κ1) is 20.3. The zero-order valence-electron chi connectivity index (χ0n) is 7.23. The van der Waals surface area contributed by atoms with Crippen molar-refractivity contribution in [3.05, 3.63) is 0 Å². The minimum Gasteiger partial charge on any atom is -0.481 e. The van der Waals surface area contributed by atoms with Crippen LogP contribution >= 0.6 is 0 Å². The Morgan fingerprint density at radius 2 is 1.20 bits per heavy atom. The van der Waals surface area contributed by atoms with Gasteiger partial charge in [0.2, 0.25) is 0 Å². The van der Waals surface area contributed by atoms with Gasteiger partial charge in [0.15, 0.2) is 5.60 Å². The van der Waals surface area contributed by atoms with E-state index in [4.69, 9.17) is 20.4 Å². The average molecular weight is 463 g/mol. The van der Waals surface area contributed by atoms with Crippen LogP contribution in [0.25, 0.3) is 0 Å². The van der Waals surface area contributed by atoms with Gasteiger partial charge in [0.05, 0.1) is 12.8 Å². The van der Waals surface area contributed by atoms with E-state index in [0.29, 0.717) is 0 Å². The second-order valence-electron chi connectivity index (χ2n) is 2.48. The Kier molecular flexibility index (Phi) is 10.8. The monoisotopic (exact) mass is 463 g/mol. The molecule has 0 aliphatic rings. The summed E-state index contributed by atoms with van der Waals surface area (Å²) >= 11 is 0. The first-order valence-electron chi connectivity index (χ1n) is 3.17. The Hall–Kier alpha value is -0.188. The van der Waals surface area contributed by atoms with Gasteiger partial charge in [-0.25, -0.2) is 4.79 Å². The topological polar surface area (TPSA) is 132 Å². The molecule has 0 fully saturated rings. The molecule has 4 N–H and O–H groups in total. The van der Waals surface area contributed by atoms with Crippen LogP contribution in [0, 0.1) is 0 Å². The second-order valence-corrected chi connectivity index (χ2v) is 2.48. The molecule has 0 aliphatic heterocycles. The van der Waals surface area contributed by atoms with Gasteiger partial charge in [-0.15, -0.1) is 0 Å². The van der Waals surface area contributed by atoms with Crippen molar-refractivity contribution in [2.45, 2.75) is 18.4 Å². The van der Waals surface area contributed by atoms with Crippen LogP contribution in [0.2, 0.25) is 0 Å². The van der Waals surface area contributed by atoms with E-state index in [-0.39, 0.29) is 44.4 Å². The van der Waals surface area contributed by atoms with E-state index in [1.807, 2.05) is 0 Å². The normalized spacial score (nSPS) is 9.40. The summed E-state index contributed by atoms with van der Waals surface area (Å²) < 4.78 is 0. The van der Waals surface area contributed by atoms with E-state index < -0.39 is 36.4 Å². The molecule has 0 unspecified atom stereocenters. The summed E-state index contributed by atoms with van der Waals surface area (Å²) in [6.45, 7) is 0. The van der Waals surface area contributed by atoms with Crippen molar-refractivity contribution in [1.82, 2.24) is 0 Å². The summed E-state index contributed by atoms with van der Waals surface area (Å²) in [4.78, 5) is 30.5. The van der Waals surface area contributed by atoms with E-state index in [1.165, 1.54) is 0 Å². The SMILES string of the molecule is O=C(O)CC(O)(CC(=O)O)C(=O)O.[Cu].[Pb]. The van der Waals surface area contributed by atoms with Crippen LogP contribution < -0.4 is 0 Å². The molecule has 0 amide bonds. The molecule has 0 aromatic rings. The number of hydrogen-bond acceptors (Lipinski definition) is 4. The van der Waals surface area contributed by atoms with Gasteiger partial charge in [-0.2, -0.15) is 0 Å². The van der Waals surface area contributed by atoms with Crippen LogP contribution in [0.15, 0.2) is 0 Å². The quantitative estimate of drug-likeness (QED) is 0.361. The summed E-state index contributed by atoms with van der Waals surface area (Å²) in [7, 11) is 0. The number of aliphatic carboxylic acids is 3. The number of carbonyl (C=O) groups is 3. The van der Waals surface area contributed by atoms with Crippen LogP contribution in [0.3, 0.4) is 0 Å². The zero-order chi connectivity index (χ0) is 10.6. The predicted molar refractivity (Wildman–Crippen MR) is 42.8 cm³/mol. The van der Waals surface area contributed by atoms with E-state index in [0.717, 1.165) is 0 Å². The first-order valence-corrected chi connectivity index (χ1v) is 3.17. The molecule has 89 valence electrons. The van der Waals surface area contributed by atoms with E-state index in [2.05, 4.69) is 0 Å². The Bertz CT molecular complexity index is 238. The molecule has 0 aromatic heterocycles. The van der Waals surface area contributed by atoms with Gasteiger partial charge in [0.1, 0.15) is 0 Å². The summed E-state index contributed by atoms with van der Waals surface area (Å²) in [5, 5.41) is 33.8. The Labute approximate surface area is 115 Å². The maximum Gasteiger partial charge on any atom is 0.336 e. The number of hydrogen-bond donors (Lipinski definition) is 4. The van der Waals surface area contributed by atoms with Crippen molar-refractivity contribution >= 4 is 45.2 Å². The molecule has 5 radical (unpaired) electrons. The molecule has 0 spiro atoms. The van der Waals surface area contributed by atoms with Crippen molar-refractivity contribution in [3.8, 4) is 0 Å². The number of carboxylic acids is 3. The van der Waals surface area contributed by atoms with Gasteiger partial charge in [0.25, 0.3) is 0 Å². The van der Waals surface area contributed by atoms with Crippen molar-refractivity contribution < 1.29 is 51.9 Å². The smallest absolute Gasteiger partial charge is 0.336 e. The van der Waals surface area contributed by atoms with E-state index in [1.54, 1.807) is 0 Å². The van der Waals surface area contributed by atoms with Gasteiger partial charge in [-0.3, -0.25) is 9.59 Å². The third kappa shape index (κ3) is 7.71. The Morgan fingerprint density at radius 3 is 1.33 bits per heavy atom.